The number of carbonyl (C=O) groups excluding carboxylic acids is 4. The molecule has 1 aliphatic rings. The van der Waals surface area contributed by atoms with Gasteiger partial charge < -0.3 is 24.8 Å². The average molecular weight is 998 g/mol. The minimum Gasteiger partial charge on any atom is -0.460 e. The molecule has 0 aromatic heterocycles. The predicted octanol–water partition coefficient (Wildman–Crippen LogP) is 15.0. The summed E-state index contributed by atoms with van der Waals surface area (Å²) in [5.74, 6) is -0.904. The molecule has 0 unspecified atom stereocenters. The average Bonchev–Trinajstić information content (AvgIpc) is 3.70. The van der Waals surface area contributed by atoms with Crippen molar-refractivity contribution in [2.45, 2.75) is 166 Å². The van der Waals surface area contributed by atoms with Gasteiger partial charge in [-0.2, -0.15) is 0 Å². The molecule has 10 heteroatoms. The van der Waals surface area contributed by atoms with Crippen LogP contribution in [0.3, 0.4) is 0 Å². The molecule has 0 heterocycles. The molecule has 9 nitrogen and oxygen atoms in total. The second-order valence-corrected chi connectivity index (χ2v) is 20.6. The second kappa shape index (κ2) is 28.9. The first-order valence-corrected chi connectivity index (χ1v) is 27.0. The van der Waals surface area contributed by atoms with E-state index in [4.69, 9.17) is 25.8 Å². The van der Waals surface area contributed by atoms with E-state index in [0.29, 0.717) is 49.2 Å². The highest BCUT2D eigenvalue weighted by molar-refractivity contribution is 6.31. The van der Waals surface area contributed by atoms with Crippen LogP contribution in [0.2, 0.25) is 5.02 Å². The molecule has 6 rings (SSSR count). The maximum absolute atomic E-state index is 14.8. The van der Waals surface area contributed by atoms with Crippen LogP contribution in [0.1, 0.15) is 177 Å². The Hall–Kier alpha value is -5.93. The number of benzene rings is 5. The smallest absolute Gasteiger partial charge is 0.407 e. The van der Waals surface area contributed by atoms with Crippen LogP contribution < -0.4 is 10.6 Å². The van der Waals surface area contributed by atoms with E-state index in [0.717, 1.165) is 60.8 Å². The first kappa shape index (κ1) is 55.4. The zero-order valence-electron chi connectivity index (χ0n) is 42.9. The molecule has 5 aromatic rings. The Kier molecular flexibility index (Phi) is 22.3. The molecular weight excluding hydrogens is 920 g/mol. The molecule has 0 spiro atoms. The van der Waals surface area contributed by atoms with Gasteiger partial charge in [0.05, 0.1) is 0 Å². The highest BCUT2D eigenvalue weighted by Crippen LogP contribution is 2.45. The molecule has 1 atom stereocenters. The van der Waals surface area contributed by atoms with Gasteiger partial charge in [-0.05, 0) is 81.2 Å². The molecule has 0 saturated carbocycles. The van der Waals surface area contributed by atoms with E-state index in [1.165, 1.54) is 62.5 Å². The Morgan fingerprint density at radius 1 is 0.542 bits per heavy atom. The van der Waals surface area contributed by atoms with Gasteiger partial charge in [-0.25, -0.2) is 9.59 Å². The van der Waals surface area contributed by atoms with Crippen molar-refractivity contribution >= 4 is 35.5 Å². The van der Waals surface area contributed by atoms with Gasteiger partial charge in [-0.1, -0.05) is 216 Å². The summed E-state index contributed by atoms with van der Waals surface area (Å²) in [6.07, 6.45) is 17.4. The molecule has 1 aliphatic carbocycles. The topological polar surface area (TPSA) is 120 Å². The number of amides is 2. The summed E-state index contributed by atoms with van der Waals surface area (Å²) in [6.45, 7) is 6.28. The Balaban J connectivity index is 0.976. The molecule has 2 amide bonds. The first-order chi connectivity index (χ1) is 35.0. The molecule has 5 aromatic carbocycles. The quantitative estimate of drug-likeness (QED) is 0.0203. The van der Waals surface area contributed by atoms with Gasteiger partial charge in [0.25, 0.3) is 0 Å². The van der Waals surface area contributed by atoms with Crippen LogP contribution in [0.25, 0.3) is 11.1 Å². The van der Waals surface area contributed by atoms with E-state index >= 15 is 0 Å². The SMILES string of the molecule is CC(C)(C)OC(=O)CCCCCCCCCCCCCCCCC(=O)N[C@@H](CCCCNC(=O)OCC1c2ccccc2-c2ccccc21)C(=O)OC(c1ccccc1)(c1ccccc1)c1ccccc1Cl. The Morgan fingerprint density at radius 3 is 1.54 bits per heavy atom. The molecular formula is C62H77ClN2O7. The standard InChI is InChI=1S/C62H77ClN2O7/c1-61(2,3)71-58(67)44-23-15-13-11-9-7-5-4-6-8-10-12-14-22-43-57(66)65-56(42-30-31-45-64-60(69)70-46-53-51-38-26-24-36-49(51)50-37-25-27-39-52(50)53)59(68)72-62(47-32-18-16-19-33-47,48-34-20-17-21-35-48)54-40-28-29-41-55(54)63/h16-21,24-29,32-41,53,56H,4-15,22-23,30-31,42-46H2,1-3H3,(H,64,69)(H,65,66)/t56-/m0/s1. The van der Waals surface area contributed by atoms with Crippen LogP contribution in [0.4, 0.5) is 4.79 Å². The van der Waals surface area contributed by atoms with E-state index in [2.05, 4.69) is 34.9 Å². The number of ether oxygens (including phenoxy) is 3. The maximum Gasteiger partial charge on any atom is 0.407 e. The van der Waals surface area contributed by atoms with E-state index in [9.17, 15) is 19.2 Å². The van der Waals surface area contributed by atoms with Crippen molar-refractivity contribution in [3.8, 4) is 11.1 Å². The lowest BCUT2D eigenvalue weighted by Gasteiger charge is -2.37. The monoisotopic (exact) mass is 997 g/mol. The highest BCUT2D eigenvalue weighted by Gasteiger charge is 2.43. The van der Waals surface area contributed by atoms with E-state index in [1.54, 1.807) is 6.07 Å². The van der Waals surface area contributed by atoms with Crippen LogP contribution in [0.15, 0.2) is 133 Å². The van der Waals surface area contributed by atoms with Gasteiger partial charge >= 0.3 is 18.0 Å². The van der Waals surface area contributed by atoms with Gasteiger partial charge in [0.15, 0.2) is 5.60 Å². The number of nitrogens with one attached hydrogen (secondary N) is 2. The molecule has 0 aliphatic heterocycles. The van der Waals surface area contributed by atoms with Crippen molar-refractivity contribution in [1.82, 2.24) is 10.6 Å². The van der Waals surface area contributed by atoms with E-state index in [-0.39, 0.29) is 24.4 Å². The molecule has 0 saturated heterocycles. The van der Waals surface area contributed by atoms with Gasteiger partial charge in [-0.3, -0.25) is 9.59 Å². The van der Waals surface area contributed by atoms with Crippen LogP contribution in [-0.2, 0) is 34.2 Å². The number of hydrogen-bond donors (Lipinski definition) is 2. The third-order valence-corrected chi connectivity index (χ3v) is 13.8. The van der Waals surface area contributed by atoms with Gasteiger partial charge in [-0.15, -0.1) is 0 Å². The fourth-order valence-corrected chi connectivity index (χ4v) is 10.1. The van der Waals surface area contributed by atoms with E-state index in [1.807, 2.05) is 124 Å². The highest BCUT2D eigenvalue weighted by atomic mass is 35.5. The fraction of sp³-hybridized carbons (Fsp3) is 0.452. The van der Waals surface area contributed by atoms with Crippen molar-refractivity contribution < 1.29 is 33.4 Å². The number of alkyl carbamates (subject to hydrolysis) is 1. The maximum atomic E-state index is 14.8. The van der Waals surface area contributed by atoms with Gasteiger partial charge in [0, 0.05) is 47.0 Å². The first-order valence-electron chi connectivity index (χ1n) is 26.7. The largest absolute Gasteiger partial charge is 0.460 e. The lowest BCUT2D eigenvalue weighted by atomic mass is 9.80. The summed E-state index contributed by atoms with van der Waals surface area (Å²) < 4.78 is 17.9. The predicted molar refractivity (Wildman–Crippen MR) is 289 cm³/mol. The van der Waals surface area contributed by atoms with Gasteiger partial charge in [0.1, 0.15) is 18.2 Å². The molecule has 384 valence electrons. The number of rotatable bonds is 30. The number of hydrogen-bond acceptors (Lipinski definition) is 7. The summed E-state index contributed by atoms with van der Waals surface area (Å²) in [4.78, 5) is 53.3. The normalized spacial score (nSPS) is 12.6. The molecule has 2 N–H and O–H groups in total. The number of esters is 2. The number of unbranched alkanes of at least 4 members (excludes halogenated alkanes) is 14. The minimum atomic E-state index is -1.42. The zero-order chi connectivity index (χ0) is 51.0. The van der Waals surface area contributed by atoms with Crippen molar-refractivity contribution in [3.05, 3.63) is 166 Å². The molecule has 0 radical (unpaired) electrons. The minimum absolute atomic E-state index is 0.0402. The third-order valence-electron chi connectivity index (χ3n) is 13.5. The summed E-state index contributed by atoms with van der Waals surface area (Å²) >= 11 is 6.96. The third kappa shape index (κ3) is 16.8. The summed E-state index contributed by atoms with van der Waals surface area (Å²) in [5.41, 5.74) is 4.85. The molecule has 0 fully saturated rings. The number of fused-ring (bicyclic) bond motifs is 3. The Morgan fingerprint density at radius 2 is 1.01 bits per heavy atom. The number of halogens is 1. The Labute approximate surface area is 434 Å². The molecule has 0 bridgehead atoms. The van der Waals surface area contributed by atoms with E-state index < -0.39 is 29.3 Å². The lowest BCUT2D eigenvalue weighted by molar-refractivity contribution is -0.157. The summed E-state index contributed by atoms with van der Waals surface area (Å²) in [7, 11) is 0. The zero-order valence-corrected chi connectivity index (χ0v) is 43.7. The van der Waals surface area contributed by atoms with Crippen LogP contribution in [0.5, 0.6) is 0 Å². The molecule has 72 heavy (non-hydrogen) atoms. The van der Waals surface area contributed by atoms with Crippen molar-refractivity contribution in [2.75, 3.05) is 13.2 Å². The second-order valence-electron chi connectivity index (χ2n) is 20.2. The summed E-state index contributed by atoms with van der Waals surface area (Å²) in [5, 5.41) is 6.39. The Bertz CT molecular complexity index is 2370. The van der Waals surface area contributed by atoms with Crippen LogP contribution >= 0.6 is 11.6 Å². The fourth-order valence-electron chi connectivity index (χ4n) is 9.86. The lowest BCUT2D eigenvalue weighted by Crippen LogP contribution is -2.46. The van der Waals surface area contributed by atoms with Crippen molar-refractivity contribution in [3.63, 3.8) is 0 Å². The number of carbonyl (C=O) groups is 4. The van der Waals surface area contributed by atoms with Crippen molar-refractivity contribution in [2.24, 2.45) is 0 Å². The summed E-state index contributed by atoms with van der Waals surface area (Å²) in [6, 6.07) is 42.1. The van der Waals surface area contributed by atoms with Crippen LogP contribution in [0, 0.1) is 0 Å². The van der Waals surface area contributed by atoms with Gasteiger partial charge in [0.2, 0.25) is 5.91 Å². The van der Waals surface area contributed by atoms with Crippen LogP contribution in [-0.4, -0.2) is 48.7 Å². The van der Waals surface area contributed by atoms with Crippen molar-refractivity contribution in [1.29, 1.82) is 0 Å².